The highest BCUT2D eigenvalue weighted by atomic mass is 15.1. The van der Waals surface area contributed by atoms with Crippen LogP contribution >= 0.6 is 0 Å². The van der Waals surface area contributed by atoms with Gasteiger partial charge in [-0.2, -0.15) is 0 Å². The fourth-order valence-electron chi connectivity index (χ4n) is 1.41. The number of rotatable bonds is 3. The summed E-state index contributed by atoms with van der Waals surface area (Å²) in [6.45, 7) is 6.49. The molecule has 0 bridgehead atoms. The quantitative estimate of drug-likeness (QED) is 0.650. The van der Waals surface area contributed by atoms with E-state index < -0.39 is 0 Å². The van der Waals surface area contributed by atoms with E-state index in [1.807, 2.05) is 13.1 Å². The van der Waals surface area contributed by atoms with Gasteiger partial charge in [0.25, 0.3) is 0 Å². The van der Waals surface area contributed by atoms with Crippen LogP contribution in [-0.4, -0.2) is 9.55 Å². The molecule has 1 rings (SSSR count). The minimum absolute atomic E-state index is 0.600. The summed E-state index contributed by atoms with van der Waals surface area (Å²) in [6, 6.07) is 0.600. The molecule has 0 saturated carbocycles. The zero-order chi connectivity index (χ0) is 8.27. The lowest BCUT2D eigenvalue weighted by Crippen LogP contribution is -2.05. The summed E-state index contributed by atoms with van der Waals surface area (Å²) in [7, 11) is 0. The molecule has 0 saturated heterocycles. The predicted molar refractivity (Wildman–Crippen MR) is 46.6 cm³/mol. The van der Waals surface area contributed by atoms with Gasteiger partial charge in [0.1, 0.15) is 5.82 Å². The molecule has 2 nitrogen and oxygen atoms in total. The number of hydrogen-bond donors (Lipinski definition) is 0. The van der Waals surface area contributed by atoms with E-state index in [-0.39, 0.29) is 0 Å². The van der Waals surface area contributed by atoms with Gasteiger partial charge >= 0.3 is 0 Å². The Balaban J connectivity index is 2.67. The number of imidazole rings is 1. The second-order valence-electron chi connectivity index (χ2n) is 3.02. The van der Waals surface area contributed by atoms with Crippen molar-refractivity contribution < 1.29 is 0 Å². The fraction of sp³-hybridized carbons (Fsp3) is 0.667. The van der Waals surface area contributed by atoms with Crippen molar-refractivity contribution in [2.24, 2.45) is 0 Å². The Morgan fingerprint density at radius 1 is 1.64 bits per heavy atom. The van der Waals surface area contributed by atoms with Crippen LogP contribution in [0.4, 0.5) is 0 Å². The molecule has 1 aromatic heterocycles. The van der Waals surface area contributed by atoms with Crippen molar-refractivity contribution in [3.05, 3.63) is 18.2 Å². The van der Waals surface area contributed by atoms with Gasteiger partial charge < -0.3 is 4.57 Å². The molecule has 2 heteroatoms. The monoisotopic (exact) mass is 152 g/mol. The third-order valence-corrected chi connectivity index (χ3v) is 2.04. The first-order valence-electron chi connectivity index (χ1n) is 4.25. The number of aryl methyl sites for hydroxylation is 1. The molecule has 0 aliphatic rings. The second-order valence-corrected chi connectivity index (χ2v) is 3.02. The molecule has 1 aromatic rings. The Hall–Kier alpha value is -0.790. The van der Waals surface area contributed by atoms with Crippen molar-refractivity contribution in [3.8, 4) is 0 Å². The van der Waals surface area contributed by atoms with Crippen molar-refractivity contribution in [2.75, 3.05) is 0 Å². The zero-order valence-corrected chi connectivity index (χ0v) is 7.54. The van der Waals surface area contributed by atoms with Crippen molar-refractivity contribution >= 4 is 0 Å². The smallest absolute Gasteiger partial charge is 0.105 e. The van der Waals surface area contributed by atoms with Crippen LogP contribution in [-0.2, 0) is 0 Å². The lowest BCUT2D eigenvalue weighted by atomic mass is 10.2. The Labute approximate surface area is 68.3 Å². The van der Waals surface area contributed by atoms with Crippen molar-refractivity contribution in [2.45, 2.75) is 39.7 Å². The Kier molecular flexibility index (Phi) is 2.69. The first kappa shape index (κ1) is 8.31. The molecule has 0 aliphatic heterocycles. The summed E-state index contributed by atoms with van der Waals surface area (Å²) in [5.74, 6) is 1.12. The van der Waals surface area contributed by atoms with Crippen LogP contribution in [0, 0.1) is 6.92 Å². The van der Waals surface area contributed by atoms with Gasteiger partial charge in [-0.1, -0.05) is 13.3 Å². The molecule has 0 aliphatic carbocycles. The fourth-order valence-corrected chi connectivity index (χ4v) is 1.41. The van der Waals surface area contributed by atoms with Gasteiger partial charge in [0, 0.05) is 18.4 Å². The normalized spacial score (nSPS) is 13.4. The minimum Gasteiger partial charge on any atom is -0.332 e. The SMILES string of the molecule is CCCC(C)n1ccnc1C. The number of hydrogen-bond acceptors (Lipinski definition) is 1. The first-order chi connectivity index (χ1) is 5.25. The average Bonchev–Trinajstić information content (AvgIpc) is 2.36. The Morgan fingerprint density at radius 2 is 2.36 bits per heavy atom. The maximum absolute atomic E-state index is 4.18. The summed E-state index contributed by atoms with van der Waals surface area (Å²) in [5, 5.41) is 0. The van der Waals surface area contributed by atoms with E-state index in [1.165, 1.54) is 12.8 Å². The lowest BCUT2D eigenvalue weighted by molar-refractivity contribution is 0.490. The van der Waals surface area contributed by atoms with Gasteiger partial charge in [-0.05, 0) is 20.3 Å². The third-order valence-electron chi connectivity index (χ3n) is 2.04. The molecule has 0 radical (unpaired) electrons. The number of nitrogens with zero attached hydrogens (tertiary/aromatic N) is 2. The van der Waals surface area contributed by atoms with Crippen molar-refractivity contribution in [3.63, 3.8) is 0 Å². The van der Waals surface area contributed by atoms with E-state index in [9.17, 15) is 0 Å². The van der Waals surface area contributed by atoms with Gasteiger partial charge in [0.05, 0.1) is 0 Å². The maximum atomic E-state index is 4.18. The standard InChI is InChI=1S/C9H16N2/c1-4-5-8(2)11-7-6-10-9(11)3/h6-8H,4-5H2,1-3H3. The van der Waals surface area contributed by atoms with Gasteiger partial charge in [0.2, 0.25) is 0 Å². The van der Waals surface area contributed by atoms with Crippen LogP contribution in [0.15, 0.2) is 12.4 Å². The van der Waals surface area contributed by atoms with E-state index >= 15 is 0 Å². The van der Waals surface area contributed by atoms with E-state index in [0.717, 1.165) is 5.82 Å². The zero-order valence-electron chi connectivity index (χ0n) is 7.54. The summed E-state index contributed by atoms with van der Waals surface area (Å²) in [5.41, 5.74) is 0. The van der Waals surface area contributed by atoms with Crippen LogP contribution in [0.5, 0.6) is 0 Å². The molecule has 0 aromatic carbocycles. The van der Waals surface area contributed by atoms with Gasteiger partial charge in [0.15, 0.2) is 0 Å². The van der Waals surface area contributed by atoms with Crippen molar-refractivity contribution in [1.29, 1.82) is 0 Å². The van der Waals surface area contributed by atoms with Crippen LogP contribution in [0.3, 0.4) is 0 Å². The molecule has 0 fully saturated rings. The molecule has 11 heavy (non-hydrogen) atoms. The van der Waals surface area contributed by atoms with Crippen LogP contribution in [0.2, 0.25) is 0 Å². The molecule has 1 heterocycles. The predicted octanol–water partition coefficient (Wildman–Crippen LogP) is 2.55. The number of aromatic nitrogens is 2. The summed E-state index contributed by atoms with van der Waals surface area (Å²) >= 11 is 0. The first-order valence-corrected chi connectivity index (χ1v) is 4.25. The average molecular weight is 152 g/mol. The lowest BCUT2D eigenvalue weighted by Gasteiger charge is -2.13. The largest absolute Gasteiger partial charge is 0.332 e. The molecule has 0 amide bonds. The maximum Gasteiger partial charge on any atom is 0.105 e. The highest BCUT2D eigenvalue weighted by molar-refractivity contribution is 4.91. The summed E-state index contributed by atoms with van der Waals surface area (Å²) in [4.78, 5) is 4.18. The molecule has 0 spiro atoms. The molecular weight excluding hydrogens is 136 g/mol. The van der Waals surface area contributed by atoms with Crippen LogP contribution < -0.4 is 0 Å². The molecule has 1 atom stereocenters. The highest BCUT2D eigenvalue weighted by Crippen LogP contribution is 2.13. The molecule has 1 unspecified atom stereocenters. The van der Waals surface area contributed by atoms with E-state index in [1.54, 1.807) is 0 Å². The third kappa shape index (κ3) is 1.82. The highest BCUT2D eigenvalue weighted by Gasteiger charge is 2.04. The van der Waals surface area contributed by atoms with Crippen LogP contribution in [0.1, 0.15) is 38.6 Å². The van der Waals surface area contributed by atoms with Gasteiger partial charge in [-0.3, -0.25) is 0 Å². The molecule has 62 valence electrons. The van der Waals surface area contributed by atoms with Gasteiger partial charge in [-0.25, -0.2) is 4.98 Å². The molecular formula is C9H16N2. The topological polar surface area (TPSA) is 17.8 Å². The summed E-state index contributed by atoms with van der Waals surface area (Å²) in [6.07, 6.45) is 6.38. The Morgan fingerprint density at radius 3 is 2.82 bits per heavy atom. The van der Waals surface area contributed by atoms with E-state index in [2.05, 4.69) is 29.6 Å². The van der Waals surface area contributed by atoms with Gasteiger partial charge in [-0.15, -0.1) is 0 Å². The van der Waals surface area contributed by atoms with E-state index in [4.69, 9.17) is 0 Å². The minimum atomic E-state index is 0.600. The van der Waals surface area contributed by atoms with E-state index in [0.29, 0.717) is 6.04 Å². The molecule has 0 N–H and O–H groups in total. The van der Waals surface area contributed by atoms with Crippen LogP contribution in [0.25, 0.3) is 0 Å². The Bertz CT molecular complexity index is 215. The summed E-state index contributed by atoms with van der Waals surface area (Å²) < 4.78 is 2.23. The van der Waals surface area contributed by atoms with Crippen molar-refractivity contribution in [1.82, 2.24) is 9.55 Å². The second kappa shape index (κ2) is 3.56.